The molecule has 0 bridgehead atoms. The van der Waals surface area contributed by atoms with Gasteiger partial charge in [-0.1, -0.05) is 23.6 Å². The first-order chi connectivity index (χ1) is 8.75. The van der Waals surface area contributed by atoms with Crippen molar-refractivity contribution in [1.82, 2.24) is 4.31 Å². The van der Waals surface area contributed by atoms with Crippen molar-refractivity contribution in [1.29, 1.82) is 0 Å². The van der Waals surface area contributed by atoms with Crippen LogP contribution in [-0.2, 0) is 14.8 Å². The van der Waals surface area contributed by atoms with Crippen LogP contribution in [0.25, 0.3) is 0 Å². The van der Waals surface area contributed by atoms with E-state index in [1.54, 1.807) is 12.1 Å². The van der Waals surface area contributed by atoms with Gasteiger partial charge in [0.05, 0.1) is 17.0 Å². The van der Waals surface area contributed by atoms with Crippen LogP contribution in [0, 0.1) is 19.3 Å². The molecule has 0 fully saturated rings. The molecule has 0 aliphatic rings. The largest absolute Gasteiger partial charge is 0.301 e. The Bertz CT molecular complexity index is 595. The third kappa shape index (κ3) is 3.22. The number of carbonyl (C=O) groups is 1. The summed E-state index contributed by atoms with van der Waals surface area (Å²) in [5.74, 6) is 2.28. The molecular formula is C14H17NO3S. The summed E-state index contributed by atoms with van der Waals surface area (Å²) < 4.78 is 26.0. The van der Waals surface area contributed by atoms with Gasteiger partial charge in [0.25, 0.3) is 0 Å². The second kappa shape index (κ2) is 5.55. The summed E-state index contributed by atoms with van der Waals surface area (Å²) in [6, 6.07) is 6.42. The Morgan fingerprint density at radius 2 is 1.84 bits per heavy atom. The fraction of sp³-hybridized carbons (Fsp3) is 0.357. The van der Waals surface area contributed by atoms with Gasteiger partial charge in [-0.05, 0) is 32.9 Å². The summed E-state index contributed by atoms with van der Waals surface area (Å²) in [5.41, 5.74) is -0.229. The minimum Gasteiger partial charge on any atom is -0.301 e. The first-order valence-corrected chi connectivity index (χ1v) is 7.19. The number of carbonyl (C=O) groups excluding carboxylic acids is 1. The predicted molar refractivity (Wildman–Crippen MR) is 74.0 cm³/mol. The van der Waals surface area contributed by atoms with Gasteiger partial charge in [0, 0.05) is 0 Å². The molecule has 0 amide bonds. The minimum atomic E-state index is -3.79. The molecule has 1 rings (SSSR count). The minimum absolute atomic E-state index is 0.128. The Balaban J connectivity index is 3.33. The number of sulfonamides is 1. The van der Waals surface area contributed by atoms with Crippen molar-refractivity contribution >= 4 is 16.3 Å². The molecular weight excluding hydrogens is 262 g/mol. The monoisotopic (exact) mass is 279 g/mol. The van der Waals surface area contributed by atoms with Gasteiger partial charge in [-0.15, -0.1) is 6.42 Å². The predicted octanol–water partition coefficient (Wildman–Crippen LogP) is 1.60. The molecule has 0 aromatic heterocycles. The average molecular weight is 279 g/mol. The van der Waals surface area contributed by atoms with Crippen LogP contribution in [0.15, 0.2) is 29.2 Å². The standard InChI is InChI=1S/C14H17NO3S/c1-5-10-15(14(3,4)11-16)19(17,18)13-8-6-12(2)7-9-13/h1,6-9,11H,10H2,2-4H3. The van der Waals surface area contributed by atoms with Crippen molar-refractivity contribution in [2.45, 2.75) is 31.2 Å². The van der Waals surface area contributed by atoms with Crippen LogP contribution < -0.4 is 0 Å². The van der Waals surface area contributed by atoms with Gasteiger partial charge in [-0.2, -0.15) is 4.31 Å². The Hall–Kier alpha value is -1.64. The summed E-state index contributed by atoms with van der Waals surface area (Å²) in [6.45, 7) is 4.75. The van der Waals surface area contributed by atoms with E-state index in [4.69, 9.17) is 6.42 Å². The Kier molecular flexibility index (Phi) is 4.51. The van der Waals surface area contributed by atoms with Gasteiger partial charge in [-0.25, -0.2) is 8.42 Å². The number of rotatable bonds is 5. The summed E-state index contributed by atoms with van der Waals surface area (Å²) in [5, 5.41) is 0. The lowest BCUT2D eigenvalue weighted by Gasteiger charge is -2.31. The van der Waals surface area contributed by atoms with E-state index in [-0.39, 0.29) is 11.4 Å². The fourth-order valence-corrected chi connectivity index (χ4v) is 3.22. The molecule has 102 valence electrons. The number of hydrogen-bond acceptors (Lipinski definition) is 3. The maximum absolute atomic E-state index is 12.5. The molecule has 0 radical (unpaired) electrons. The number of terminal acetylenes is 1. The average Bonchev–Trinajstić information content (AvgIpc) is 2.36. The van der Waals surface area contributed by atoms with Crippen LogP contribution in [0.4, 0.5) is 0 Å². The first kappa shape index (κ1) is 15.4. The number of hydrogen-bond donors (Lipinski definition) is 0. The van der Waals surface area contributed by atoms with E-state index in [0.29, 0.717) is 6.29 Å². The third-order valence-corrected chi connectivity index (χ3v) is 4.82. The zero-order valence-electron chi connectivity index (χ0n) is 11.3. The van der Waals surface area contributed by atoms with Crippen LogP contribution >= 0.6 is 0 Å². The van der Waals surface area contributed by atoms with Crippen molar-refractivity contribution in [2.75, 3.05) is 6.54 Å². The Morgan fingerprint density at radius 1 is 1.32 bits per heavy atom. The molecule has 5 heteroatoms. The van der Waals surface area contributed by atoms with E-state index in [1.807, 2.05) is 6.92 Å². The highest BCUT2D eigenvalue weighted by molar-refractivity contribution is 7.89. The molecule has 0 aliphatic carbocycles. The second-order valence-electron chi connectivity index (χ2n) is 4.80. The van der Waals surface area contributed by atoms with Crippen molar-refractivity contribution < 1.29 is 13.2 Å². The summed E-state index contributed by atoms with van der Waals surface area (Å²) in [7, 11) is -3.79. The van der Waals surface area contributed by atoms with Gasteiger partial charge in [-0.3, -0.25) is 0 Å². The van der Waals surface area contributed by atoms with Crippen molar-refractivity contribution in [3.63, 3.8) is 0 Å². The molecule has 4 nitrogen and oxygen atoms in total. The maximum Gasteiger partial charge on any atom is 0.244 e. The van der Waals surface area contributed by atoms with Crippen LogP contribution in [0.5, 0.6) is 0 Å². The smallest absolute Gasteiger partial charge is 0.244 e. The molecule has 0 heterocycles. The van der Waals surface area contributed by atoms with Crippen LogP contribution in [0.1, 0.15) is 19.4 Å². The van der Waals surface area contributed by atoms with Crippen LogP contribution in [0.3, 0.4) is 0 Å². The van der Waals surface area contributed by atoms with Crippen molar-refractivity contribution in [3.05, 3.63) is 29.8 Å². The number of nitrogens with zero attached hydrogens (tertiary/aromatic N) is 1. The second-order valence-corrected chi connectivity index (χ2v) is 6.66. The number of aryl methyl sites for hydroxylation is 1. The SMILES string of the molecule is C#CCN(C(C)(C)C=O)S(=O)(=O)c1ccc(C)cc1. The van der Waals surface area contributed by atoms with Gasteiger partial charge in [0.1, 0.15) is 6.29 Å². The highest BCUT2D eigenvalue weighted by Gasteiger charge is 2.36. The zero-order chi connectivity index (χ0) is 14.7. The van der Waals surface area contributed by atoms with E-state index in [2.05, 4.69) is 5.92 Å². The molecule has 1 aromatic rings. The molecule has 0 saturated carbocycles. The van der Waals surface area contributed by atoms with Crippen molar-refractivity contribution in [2.24, 2.45) is 0 Å². The lowest BCUT2D eigenvalue weighted by atomic mass is 10.1. The summed E-state index contributed by atoms with van der Waals surface area (Å²) >= 11 is 0. The highest BCUT2D eigenvalue weighted by Crippen LogP contribution is 2.23. The van der Waals surface area contributed by atoms with Gasteiger partial charge < -0.3 is 4.79 Å². The van der Waals surface area contributed by atoms with E-state index in [9.17, 15) is 13.2 Å². The molecule has 0 atom stereocenters. The maximum atomic E-state index is 12.5. The molecule has 0 spiro atoms. The Labute approximate surface area is 114 Å². The fourth-order valence-electron chi connectivity index (χ4n) is 1.58. The molecule has 0 N–H and O–H groups in total. The van der Waals surface area contributed by atoms with Gasteiger partial charge in [0.15, 0.2) is 0 Å². The molecule has 1 aromatic carbocycles. The lowest BCUT2D eigenvalue weighted by molar-refractivity contribution is -0.114. The highest BCUT2D eigenvalue weighted by atomic mass is 32.2. The summed E-state index contributed by atoms with van der Waals surface area (Å²) in [6.07, 6.45) is 5.79. The molecule has 19 heavy (non-hydrogen) atoms. The molecule has 0 aliphatic heterocycles. The molecule has 0 saturated heterocycles. The number of benzene rings is 1. The van der Waals surface area contributed by atoms with Gasteiger partial charge in [0.2, 0.25) is 10.0 Å². The van der Waals surface area contributed by atoms with E-state index < -0.39 is 15.6 Å². The van der Waals surface area contributed by atoms with Crippen molar-refractivity contribution in [3.8, 4) is 12.3 Å². The van der Waals surface area contributed by atoms with E-state index >= 15 is 0 Å². The lowest BCUT2D eigenvalue weighted by Crippen LogP contribution is -2.48. The van der Waals surface area contributed by atoms with Crippen LogP contribution in [0.2, 0.25) is 0 Å². The van der Waals surface area contributed by atoms with E-state index in [1.165, 1.54) is 26.0 Å². The van der Waals surface area contributed by atoms with Crippen LogP contribution in [-0.4, -0.2) is 31.1 Å². The Morgan fingerprint density at radius 3 is 2.26 bits per heavy atom. The normalized spacial score (nSPS) is 12.2. The van der Waals surface area contributed by atoms with E-state index in [0.717, 1.165) is 9.87 Å². The molecule has 0 unspecified atom stereocenters. The topological polar surface area (TPSA) is 54.5 Å². The first-order valence-electron chi connectivity index (χ1n) is 5.75. The third-order valence-electron chi connectivity index (χ3n) is 2.78. The summed E-state index contributed by atoms with van der Waals surface area (Å²) in [4.78, 5) is 11.2. The quantitative estimate of drug-likeness (QED) is 0.607. The van der Waals surface area contributed by atoms with Gasteiger partial charge >= 0.3 is 0 Å². The number of aldehydes is 1. The zero-order valence-corrected chi connectivity index (χ0v) is 12.1.